The van der Waals surface area contributed by atoms with Gasteiger partial charge in [0.1, 0.15) is 6.04 Å². The zero-order valence-electron chi connectivity index (χ0n) is 21.0. The summed E-state index contributed by atoms with van der Waals surface area (Å²) in [5.41, 5.74) is 0. The molecule has 0 radical (unpaired) electrons. The van der Waals surface area contributed by atoms with E-state index in [1.807, 2.05) is 4.90 Å². The molecule has 36 heavy (non-hydrogen) atoms. The Balaban J connectivity index is 1.63. The van der Waals surface area contributed by atoms with Gasteiger partial charge in [-0.15, -0.1) is 18.3 Å². The van der Waals surface area contributed by atoms with Gasteiger partial charge >= 0.3 is 5.97 Å². The molecular weight excluding hydrogens is 550 g/mol. The van der Waals surface area contributed by atoms with Crippen molar-refractivity contribution < 1.29 is 29.0 Å². The van der Waals surface area contributed by atoms with Gasteiger partial charge in [-0.3, -0.25) is 19.3 Å². The van der Waals surface area contributed by atoms with Crippen molar-refractivity contribution in [3.05, 3.63) is 12.7 Å². The summed E-state index contributed by atoms with van der Waals surface area (Å²) in [7, 11) is 0. The van der Waals surface area contributed by atoms with Crippen LogP contribution in [0.3, 0.4) is 0 Å². The molecule has 4 aliphatic rings. The van der Waals surface area contributed by atoms with Crippen LogP contribution in [-0.2, 0) is 23.9 Å². The quantitative estimate of drug-likeness (QED) is 0.157. The molecule has 4 heterocycles. The number of unbranched alkanes of at least 4 members (excludes halogenated alkanes) is 1. The van der Waals surface area contributed by atoms with E-state index in [2.05, 4.69) is 27.4 Å². The third kappa shape index (κ3) is 5.10. The summed E-state index contributed by atoms with van der Waals surface area (Å²) in [5, 5.41) is 9.23. The van der Waals surface area contributed by atoms with Gasteiger partial charge in [-0.1, -0.05) is 22.0 Å². The number of aliphatic hydroxyl groups excluding tert-OH is 1. The number of morpholine rings is 1. The average Bonchev–Trinajstić information content (AvgIpc) is 3.46. The number of carbonyl (C=O) groups is 3. The summed E-state index contributed by atoms with van der Waals surface area (Å²) in [4.78, 5) is 47.0. The molecule has 1 spiro atoms. The van der Waals surface area contributed by atoms with Crippen LogP contribution < -0.4 is 0 Å². The molecule has 9 nitrogen and oxygen atoms in total. The lowest BCUT2D eigenvalue weighted by Gasteiger charge is -2.38. The highest BCUT2D eigenvalue weighted by atomic mass is 79.9. The van der Waals surface area contributed by atoms with Crippen LogP contribution in [0.5, 0.6) is 0 Å². The number of ether oxygens (including phenoxy) is 2. The van der Waals surface area contributed by atoms with Crippen LogP contribution in [0, 0.1) is 11.8 Å². The second kappa shape index (κ2) is 12.1. The van der Waals surface area contributed by atoms with E-state index in [9.17, 15) is 19.5 Å². The fourth-order valence-electron chi connectivity index (χ4n) is 6.26. The van der Waals surface area contributed by atoms with Gasteiger partial charge in [0.25, 0.3) is 0 Å². The first-order valence-corrected chi connectivity index (χ1v) is 14.8. The summed E-state index contributed by atoms with van der Waals surface area (Å²) >= 11 is 5.39. The monoisotopic (exact) mass is 587 g/mol. The van der Waals surface area contributed by atoms with Crippen molar-refractivity contribution in [3.63, 3.8) is 0 Å². The molecule has 4 aliphatic heterocycles. The summed E-state index contributed by atoms with van der Waals surface area (Å²) < 4.78 is 10.2. The molecule has 1 N–H and O–H groups in total. The van der Waals surface area contributed by atoms with Gasteiger partial charge in [-0.05, 0) is 26.2 Å². The minimum absolute atomic E-state index is 0.0230. The van der Waals surface area contributed by atoms with E-state index in [1.165, 1.54) is 0 Å². The highest BCUT2D eigenvalue weighted by Crippen LogP contribution is 2.68. The molecule has 3 unspecified atom stereocenters. The van der Waals surface area contributed by atoms with Crippen LogP contribution in [0.15, 0.2) is 12.7 Å². The Hall–Kier alpha value is -1.14. The van der Waals surface area contributed by atoms with Crippen molar-refractivity contribution in [2.45, 2.75) is 47.1 Å². The van der Waals surface area contributed by atoms with Crippen molar-refractivity contribution in [2.24, 2.45) is 11.8 Å². The number of hydrogen-bond donors (Lipinski definition) is 1. The zero-order valence-corrected chi connectivity index (χ0v) is 23.4. The van der Waals surface area contributed by atoms with E-state index >= 15 is 0 Å². The van der Waals surface area contributed by atoms with Gasteiger partial charge in [0.15, 0.2) is 0 Å². The van der Waals surface area contributed by atoms with E-state index in [-0.39, 0.29) is 41.1 Å². The number of halogens is 1. The molecule has 0 aliphatic carbocycles. The highest BCUT2D eigenvalue weighted by molar-refractivity contribution is 9.09. The maximum Gasteiger partial charge on any atom is 0.310 e. The van der Waals surface area contributed by atoms with Crippen molar-refractivity contribution in [1.29, 1.82) is 0 Å². The molecule has 0 aromatic rings. The first-order chi connectivity index (χ1) is 17.4. The molecule has 0 aromatic heterocycles. The van der Waals surface area contributed by atoms with Gasteiger partial charge in [0, 0.05) is 56.0 Å². The Morgan fingerprint density at radius 1 is 1.33 bits per heavy atom. The molecule has 0 aromatic carbocycles. The standard InChI is InChI=1S/C25H38BrN3O6S/c1-3-7-28(10-9-27-11-14-34-15-12-27)23(32)21-25-16-17(26)20(36-25)18(24(33)35-4-2)19(25)22(31)29(21)8-5-6-13-30/h3,17-21,30H,1,4-16H2,2H3/t17?,18-,19+,20-,21?,25?/m1/s1. The van der Waals surface area contributed by atoms with E-state index in [0.717, 1.165) is 19.6 Å². The van der Waals surface area contributed by atoms with Crippen LogP contribution >= 0.6 is 27.7 Å². The molecule has 4 saturated heterocycles. The number of nitrogens with zero attached hydrogens (tertiary/aromatic N) is 3. The number of rotatable bonds is 12. The van der Waals surface area contributed by atoms with E-state index in [1.54, 1.807) is 29.7 Å². The Kier molecular flexibility index (Phi) is 9.41. The predicted octanol–water partition coefficient (Wildman–Crippen LogP) is 1.13. The number of aliphatic hydroxyl groups is 1. The number of hydrogen-bond acceptors (Lipinski definition) is 8. The normalized spacial score (nSPS) is 33.6. The maximum atomic E-state index is 14.3. The van der Waals surface area contributed by atoms with E-state index < -0.39 is 22.6 Å². The molecule has 0 saturated carbocycles. The number of carbonyl (C=O) groups excluding carboxylic acids is 3. The van der Waals surface area contributed by atoms with Gasteiger partial charge in [-0.25, -0.2) is 0 Å². The van der Waals surface area contributed by atoms with Crippen molar-refractivity contribution in [2.75, 3.05) is 65.7 Å². The lowest BCUT2D eigenvalue weighted by atomic mass is 9.71. The summed E-state index contributed by atoms with van der Waals surface area (Å²) in [6, 6.07) is -0.659. The third-order valence-corrected chi connectivity index (χ3v) is 11.1. The van der Waals surface area contributed by atoms with Crippen LogP contribution in [0.25, 0.3) is 0 Å². The highest BCUT2D eigenvalue weighted by Gasteiger charge is 2.76. The third-order valence-electron chi connectivity index (χ3n) is 7.84. The minimum atomic E-state index is -0.679. The molecule has 4 rings (SSSR count). The maximum absolute atomic E-state index is 14.3. The largest absolute Gasteiger partial charge is 0.466 e. The first kappa shape index (κ1) is 27.9. The lowest BCUT2D eigenvalue weighted by Crippen LogP contribution is -2.56. The summed E-state index contributed by atoms with van der Waals surface area (Å²) in [5.74, 6) is -1.71. The predicted molar refractivity (Wildman–Crippen MR) is 141 cm³/mol. The molecule has 202 valence electrons. The van der Waals surface area contributed by atoms with Crippen molar-refractivity contribution in [3.8, 4) is 0 Å². The van der Waals surface area contributed by atoms with Crippen LogP contribution in [0.2, 0.25) is 0 Å². The Bertz CT molecular complexity index is 843. The average molecular weight is 589 g/mol. The van der Waals surface area contributed by atoms with Crippen molar-refractivity contribution in [1.82, 2.24) is 14.7 Å². The lowest BCUT2D eigenvalue weighted by molar-refractivity contribution is -0.153. The number of likely N-dealkylation sites (tertiary alicyclic amines) is 1. The molecule has 4 fully saturated rings. The fourth-order valence-corrected chi connectivity index (χ4v) is 9.85. The topological polar surface area (TPSA) is 99.6 Å². The fraction of sp³-hybridized carbons (Fsp3) is 0.800. The molecule has 2 bridgehead atoms. The second-order valence-corrected chi connectivity index (χ2v) is 12.6. The van der Waals surface area contributed by atoms with Crippen LogP contribution in [-0.4, -0.2) is 124 Å². The smallest absolute Gasteiger partial charge is 0.310 e. The van der Waals surface area contributed by atoms with Crippen LogP contribution in [0.1, 0.15) is 26.2 Å². The van der Waals surface area contributed by atoms with Crippen LogP contribution in [0.4, 0.5) is 0 Å². The van der Waals surface area contributed by atoms with Gasteiger partial charge in [0.2, 0.25) is 11.8 Å². The first-order valence-electron chi connectivity index (χ1n) is 13.0. The van der Waals surface area contributed by atoms with Gasteiger partial charge < -0.3 is 24.4 Å². The van der Waals surface area contributed by atoms with Crippen molar-refractivity contribution >= 4 is 45.5 Å². The molecule has 6 atom stereocenters. The molecule has 11 heteroatoms. The number of fused-ring (bicyclic) bond motifs is 1. The number of alkyl halides is 1. The SMILES string of the molecule is C=CCN(CCN1CCOCC1)C(=O)C1N(CCCCO)C(=O)[C@@H]2[C@@H](C(=O)OCC)[C@@H]3SC12CC3Br. The van der Waals surface area contributed by atoms with E-state index in [4.69, 9.17) is 9.47 Å². The summed E-state index contributed by atoms with van der Waals surface area (Å²) in [6.45, 7) is 11.0. The number of thioether (sulfide) groups is 1. The van der Waals surface area contributed by atoms with Gasteiger partial charge in [0.05, 0.1) is 36.4 Å². The Labute approximate surface area is 226 Å². The molecular formula is C25H38BrN3O6S. The zero-order chi connectivity index (χ0) is 25.9. The summed E-state index contributed by atoms with van der Waals surface area (Å²) in [6.07, 6.45) is 3.52. The van der Waals surface area contributed by atoms with E-state index in [0.29, 0.717) is 52.1 Å². The molecule has 2 amide bonds. The number of esters is 1. The Morgan fingerprint density at radius 2 is 2.08 bits per heavy atom. The van der Waals surface area contributed by atoms with Gasteiger partial charge in [-0.2, -0.15) is 0 Å². The number of amides is 2. The minimum Gasteiger partial charge on any atom is -0.466 e. The second-order valence-electron chi connectivity index (χ2n) is 9.90. The Morgan fingerprint density at radius 3 is 2.75 bits per heavy atom.